The van der Waals surface area contributed by atoms with Crippen LogP contribution in [0.15, 0.2) is 0 Å². The predicted molar refractivity (Wildman–Crippen MR) is 75.2 cm³/mol. The number of methoxy groups -OCH3 is 1. The van der Waals surface area contributed by atoms with E-state index in [0.717, 1.165) is 11.3 Å². The van der Waals surface area contributed by atoms with E-state index in [4.69, 9.17) is 9.47 Å². The van der Waals surface area contributed by atoms with Gasteiger partial charge in [0.1, 0.15) is 4.88 Å². The number of hydrogen-bond donors (Lipinski definition) is 1. The summed E-state index contributed by atoms with van der Waals surface area (Å²) in [4.78, 5) is 36.0. The smallest absolute Gasteiger partial charge is 0.414 e. The van der Waals surface area contributed by atoms with Gasteiger partial charge in [-0.05, 0) is 6.92 Å². The molecule has 0 saturated carbocycles. The molecule has 21 heavy (non-hydrogen) atoms. The third-order valence-electron chi connectivity index (χ3n) is 2.38. The van der Waals surface area contributed by atoms with Gasteiger partial charge in [0.25, 0.3) is 0 Å². The largest absolute Gasteiger partial charge is 0.465 e. The van der Waals surface area contributed by atoms with Crippen LogP contribution >= 0.6 is 11.3 Å². The summed E-state index contributed by atoms with van der Waals surface area (Å²) in [7, 11) is 5.62. The van der Waals surface area contributed by atoms with Crippen LogP contribution in [0.5, 0.6) is 10.8 Å². The van der Waals surface area contributed by atoms with Crippen LogP contribution in [0.3, 0.4) is 0 Å². The molecule has 0 aliphatic rings. The number of ether oxygens (including phenoxy) is 3. The minimum Gasteiger partial charge on any atom is -0.465 e. The Morgan fingerprint density at radius 1 is 1.19 bits per heavy atom. The molecule has 0 aliphatic heterocycles. The van der Waals surface area contributed by atoms with Crippen LogP contribution in [0.1, 0.15) is 15.2 Å². The summed E-state index contributed by atoms with van der Waals surface area (Å²) >= 11 is 0.863. The maximum atomic E-state index is 11.7. The Balaban J connectivity index is 3.22. The first-order valence-corrected chi connectivity index (χ1v) is 6.63. The Morgan fingerprint density at radius 2 is 1.81 bits per heavy atom. The van der Waals surface area contributed by atoms with Gasteiger partial charge in [0, 0.05) is 26.7 Å². The van der Waals surface area contributed by atoms with E-state index in [1.165, 1.54) is 33.2 Å². The quantitative estimate of drug-likeness (QED) is 0.852. The van der Waals surface area contributed by atoms with Crippen molar-refractivity contribution >= 4 is 29.5 Å². The zero-order valence-corrected chi connectivity index (χ0v) is 13.1. The van der Waals surface area contributed by atoms with Gasteiger partial charge in [0.05, 0.1) is 7.11 Å². The van der Waals surface area contributed by atoms with Gasteiger partial charge in [-0.15, -0.1) is 0 Å². The Morgan fingerprint density at radius 3 is 2.29 bits per heavy atom. The second kappa shape index (κ2) is 6.93. The molecule has 1 rings (SSSR count). The van der Waals surface area contributed by atoms with E-state index in [0.29, 0.717) is 5.56 Å². The van der Waals surface area contributed by atoms with Gasteiger partial charge < -0.3 is 24.4 Å². The van der Waals surface area contributed by atoms with Crippen molar-refractivity contribution in [1.29, 1.82) is 0 Å². The maximum Gasteiger partial charge on any atom is 0.414 e. The van der Waals surface area contributed by atoms with Crippen molar-refractivity contribution in [2.75, 3.05) is 28.3 Å². The molecule has 0 atom stereocenters. The van der Waals surface area contributed by atoms with Crippen molar-refractivity contribution in [3.8, 4) is 10.8 Å². The molecule has 0 saturated heterocycles. The van der Waals surface area contributed by atoms with Gasteiger partial charge in [0.15, 0.2) is 5.75 Å². The van der Waals surface area contributed by atoms with Gasteiger partial charge in [-0.3, -0.25) is 0 Å². The summed E-state index contributed by atoms with van der Waals surface area (Å²) in [5, 5.41) is 2.27. The summed E-state index contributed by atoms with van der Waals surface area (Å²) in [6, 6.07) is 0. The van der Waals surface area contributed by atoms with Crippen molar-refractivity contribution in [1.82, 2.24) is 10.2 Å². The highest BCUT2D eigenvalue weighted by molar-refractivity contribution is 7.16. The Labute approximate surface area is 125 Å². The molecule has 116 valence electrons. The highest BCUT2D eigenvalue weighted by atomic mass is 32.1. The SMILES string of the molecule is CNC(=O)Oc1sc(C(=O)OC)c(C)c1OC(=O)N(C)C. The predicted octanol–water partition coefficient (Wildman–Crippen LogP) is 1.62. The third-order valence-corrected chi connectivity index (χ3v) is 3.51. The summed E-state index contributed by atoms with van der Waals surface area (Å²) in [5.41, 5.74) is 0.362. The summed E-state index contributed by atoms with van der Waals surface area (Å²) in [5.74, 6) is -0.589. The zero-order valence-electron chi connectivity index (χ0n) is 12.3. The van der Waals surface area contributed by atoms with Crippen LogP contribution in [0.2, 0.25) is 0 Å². The lowest BCUT2D eigenvalue weighted by Crippen LogP contribution is -2.26. The molecule has 2 amide bonds. The molecule has 8 nitrogen and oxygen atoms in total. The monoisotopic (exact) mass is 316 g/mol. The summed E-state index contributed by atoms with van der Waals surface area (Å²) < 4.78 is 14.8. The average molecular weight is 316 g/mol. The van der Waals surface area contributed by atoms with Gasteiger partial charge in [-0.1, -0.05) is 11.3 Å². The fourth-order valence-electron chi connectivity index (χ4n) is 1.26. The van der Waals surface area contributed by atoms with Crippen molar-refractivity contribution in [2.24, 2.45) is 0 Å². The van der Waals surface area contributed by atoms with Crippen molar-refractivity contribution in [3.63, 3.8) is 0 Å². The molecule has 0 spiro atoms. The van der Waals surface area contributed by atoms with Gasteiger partial charge >= 0.3 is 18.2 Å². The van der Waals surface area contributed by atoms with Crippen LogP contribution in [-0.2, 0) is 4.74 Å². The lowest BCUT2D eigenvalue weighted by molar-refractivity contribution is 0.0605. The number of carbonyl (C=O) groups excluding carboxylic acids is 3. The van der Waals surface area contributed by atoms with Crippen LogP contribution in [0, 0.1) is 6.92 Å². The molecule has 1 heterocycles. The normalized spacial score (nSPS) is 9.76. The molecular formula is C12H16N2O6S. The minimum absolute atomic E-state index is 0.00227. The molecule has 0 bridgehead atoms. The standard InChI is InChI=1S/C12H16N2O6S/c1-6-7(19-12(17)14(3)4)10(20-11(16)13-2)21-8(6)9(15)18-5/h1-5H3,(H,13,16). The van der Waals surface area contributed by atoms with Gasteiger partial charge in [-0.25, -0.2) is 14.4 Å². The second-order valence-corrected chi connectivity index (χ2v) is 5.05. The van der Waals surface area contributed by atoms with Crippen LogP contribution in [0.25, 0.3) is 0 Å². The number of hydrogen-bond acceptors (Lipinski definition) is 7. The lowest BCUT2D eigenvalue weighted by Gasteiger charge is -2.11. The summed E-state index contributed by atoms with van der Waals surface area (Å²) in [6.45, 7) is 1.57. The molecule has 1 N–H and O–H groups in total. The molecule has 9 heteroatoms. The van der Waals surface area contributed by atoms with Gasteiger partial charge in [-0.2, -0.15) is 0 Å². The van der Waals surface area contributed by atoms with Crippen molar-refractivity contribution in [3.05, 3.63) is 10.4 Å². The van der Waals surface area contributed by atoms with E-state index in [-0.39, 0.29) is 15.7 Å². The minimum atomic E-state index is -0.741. The fourth-order valence-corrected chi connectivity index (χ4v) is 2.26. The van der Waals surface area contributed by atoms with E-state index in [1.54, 1.807) is 6.92 Å². The number of carbonyl (C=O) groups is 3. The second-order valence-electron chi connectivity index (χ2n) is 4.07. The van der Waals surface area contributed by atoms with Gasteiger partial charge in [0.2, 0.25) is 5.06 Å². The Kier molecular flexibility index (Phi) is 5.53. The summed E-state index contributed by atoms with van der Waals surface area (Å²) in [6.07, 6.45) is -1.40. The van der Waals surface area contributed by atoms with E-state index in [2.05, 4.69) is 10.1 Å². The molecule has 1 aromatic rings. The number of rotatable bonds is 3. The lowest BCUT2D eigenvalue weighted by atomic mass is 10.2. The first-order chi connectivity index (χ1) is 9.81. The molecule has 0 radical (unpaired) electrons. The van der Waals surface area contributed by atoms with E-state index in [1.807, 2.05) is 0 Å². The number of thiophene rings is 1. The maximum absolute atomic E-state index is 11.7. The highest BCUT2D eigenvalue weighted by Crippen LogP contribution is 2.42. The van der Waals surface area contributed by atoms with Crippen molar-refractivity contribution in [2.45, 2.75) is 6.92 Å². The molecule has 0 aliphatic carbocycles. The molecule has 0 aromatic carbocycles. The van der Waals surface area contributed by atoms with Crippen molar-refractivity contribution < 1.29 is 28.6 Å². The van der Waals surface area contributed by atoms with Crippen LogP contribution < -0.4 is 14.8 Å². The number of esters is 1. The van der Waals surface area contributed by atoms with Crippen LogP contribution in [-0.4, -0.2) is 51.3 Å². The number of nitrogens with zero attached hydrogens (tertiary/aromatic N) is 1. The fraction of sp³-hybridized carbons (Fsp3) is 0.417. The highest BCUT2D eigenvalue weighted by Gasteiger charge is 2.26. The first-order valence-electron chi connectivity index (χ1n) is 5.82. The molecule has 0 unspecified atom stereocenters. The van der Waals surface area contributed by atoms with Crippen LogP contribution in [0.4, 0.5) is 9.59 Å². The molecule has 1 aromatic heterocycles. The Bertz CT molecular complexity index is 566. The van der Waals surface area contributed by atoms with E-state index < -0.39 is 18.2 Å². The van der Waals surface area contributed by atoms with E-state index in [9.17, 15) is 14.4 Å². The number of nitrogens with one attached hydrogen (secondary N) is 1. The molecule has 0 fully saturated rings. The zero-order chi connectivity index (χ0) is 16.2. The number of amides is 2. The van der Waals surface area contributed by atoms with E-state index >= 15 is 0 Å². The third kappa shape index (κ3) is 3.85. The molecular weight excluding hydrogens is 300 g/mol. The average Bonchev–Trinajstić information content (AvgIpc) is 2.75. The topological polar surface area (TPSA) is 94.2 Å². The Hall–Kier alpha value is -2.29. The first kappa shape index (κ1) is 16.8.